The molecule has 1 heterocycles. The molecule has 0 radical (unpaired) electrons. The number of nitrogens with zero attached hydrogens (tertiary/aromatic N) is 2. The molecular weight excluding hydrogens is 316 g/mol. The lowest BCUT2D eigenvalue weighted by atomic mass is 10.0. The molecule has 0 aliphatic heterocycles. The summed E-state index contributed by atoms with van der Waals surface area (Å²) in [6.45, 7) is 8.82. The number of hydrogen-bond acceptors (Lipinski definition) is 5. The van der Waals surface area contributed by atoms with Crippen LogP contribution in [0.3, 0.4) is 0 Å². The molecule has 5 heteroatoms. The Morgan fingerprint density at radius 1 is 1.38 bits per heavy atom. The number of nitrogen functional groups attached to an aromatic ring is 1. The van der Waals surface area contributed by atoms with Gasteiger partial charge >= 0.3 is 0 Å². The van der Waals surface area contributed by atoms with Gasteiger partial charge in [-0.3, -0.25) is 4.90 Å². The molecule has 0 bridgehead atoms. The number of rotatable bonds is 11. The van der Waals surface area contributed by atoms with Crippen molar-refractivity contribution in [1.82, 2.24) is 15.2 Å². The molecule has 1 aromatic heterocycles. The molecule has 0 saturated heterocycles. The minimum atomic E-state index is 0.517. The van der Waals surface area contributed by atoms with E-state index in [2.05, 4.69) is 59.0 Å². The third-order valence-electron chi connectivity index (χ3n) is 4.17. The molecular formula is C19H28N4S. The van der Waals surface area contributed by atoms with Crippen LogP contribution in [-0.4, -0.2) is 29.0 Å². The molecule has 0 spiro atoms. The average molecular weight is 345 g/mol. The molecule has 0 aliphatic carbocycles. The molecule has 24 heavy (non-hydrogen) atoms. The van der Waals surface area contributed by atoms with Crippen molar-refractivity contribution in [2.45, 2.75) is 38.8 Å². The molecule has 1 atom stereocenters. The molecule has 1 unspecified atom stereocenters. The Labute approximate surface area is 149 Å². The lowest BCUT2D eigenvalue weighted by molar-refractivity contribution is 0.192. The van der Waals surface area contributed by atoms with Crippen LogP contribution in [0.15, 0.2) is 49.3 Å². The van der Waals surface area contributed by atoms with E-state index in [1.165, 1.54) is 23.3 Å². The van der Waals surface area contributed by atoms with Crippen LogP contribution in [0.1, 0.15) is 30.2 Å². The van der Waals surface area contributed by atoms with E-state index in [0.29, 0.717) is 11.2 Å². The fourth-order valence-electron chi connectivity index (χ4n) is 2.79. The zero-order chi connectivity index (χ0) is 17.2. The second-order valence-electron chi connectivity index (χ2n) is 6.02. The van der Waals surface area contributed by atoms with Gasteiger partial charge in [0.05, 0.1) is 0 Å². The summed E-state index contributed by atoms with van der Waals surface area (Å²) in [5, 5.41) is 3.84. The quantitative estimate of drug-likeness (QED) is 0.611. The van der Waals surface area contributed by atoms with E-state index < -0.39 is 0 Å². The summed E-state index contributed by atoms with van der Waals surface area (Å²) in [6, 6.07) is 11.2. The first-order valence-electron chi connectivity index (χ1n) is 8.51. The maximum absolute atomic E-state index is 5.76. The van der Waals surface area contributed by atoms with Gasteiger partial charge in [-0.1, -0.05) is 36.9 Å². The Hall–Kier alpha value is -1.85. The van der Waals surface area contributed by atoms with Gasteiger partial charge in [-0.2, -0.15) is 0 Å². The summed E-state index contributed by atoms with van der Waals surface area (Å²) in [6.07, 6.45) is 7.16. The van der Waals surface area contributed by atoms with E-state index in [9.17, 15) is 0 Å². The van der Waals surface area contributed by atoms with Gasteiger partial charge in [0.2, 0.25) is 0 Å². The van der Waals surface area contributed by atoms with Gasteiger partial charge in [0, 0.05) is 36.8 Å². The van der Waals surface area contributed by atoms with Crippen molar-refractivity contribution >= 4 is 16.5 Å². The molecule has 0 aliphatic rings. The van der Waals surface area contributed by atoms with Crippen LogP contribution in [0.25, 0.3) is 0 Å². The van der Waals surface area contributed by atoms with Crippen LogP contribution in [0, 0.1) is 0 Å². The Kier molecular flexibility index (Phi) is 7.79. The summed E-state index contributed by atoms with van der Waals surface area (Å²) in [5.41, 5.74) is 7.18. The third kappa shape index (κ3) is 6.34. The maximum Gasteiger partial charge on any atom is 0.180 e. The van der Waals surface area contributed by atoms with Crippen molar-refractivity contribution in [2.24, 2.45) is 0 Å². The van der Waals surface area contributed by atoms with Crippen LogP contribution >= 0.6 is 11.3 Å². The number of hydrogen-bond donors (Lipinski definition) is 2. The van der Waals surface area contributed by atoms with Gasteiger partial charge in [-0.15, -0.1) is 11.3 Å². The van der Waals surface area contributed by atoms with E-state index in [4.69, 9.17) is 5.73 Å². The molecule has 0 amide bonds. The van der Waals surface area contributed by atoms with Gasteiger partial charge in [-0.25, -0.2) is 4.98 Å². The highest BCUT2D eigenvalue weighted by molar-refractivity contribution is 7.15. The highest BCUT2D eigenvalue weighted by Crippen LogP contribution is 2.19. The van der Waals surface area contributed by atoms with Crippen LogP contribution in [0.2, 0.25) is 0 Å². The smallest absolute Gasteiger partial charge is 0.180 e. The number of nitrogens with one attached hydrogen (secondary N) is 1. The fraction of sp³-hybridized carbons (Fsp3) is 0.421. The Morgan fingerprint density at radius 3 is 2.83 bits per heavy atom. The number of thiazole rings is 1. The summed E-state index contributed by atoms with van der Waals surface area (Å²) >= 11 is 1.58. The molecule has 4 nitrogen and oxygen atoms in total. The van der Waals surface area contributed by atoms with E-state index in [1.54, 1.807) is 17.5 Å². The first-order valence-corrected chi connectivity index (χ1v) is 9.33. The average Bonchev–Trinajstić information content (AvgIpc) is 3.00. The molecule has 2 aromatic rings. The second-order valence-corrected chi connectivity index (χ2v) is 7.17. The first kappa shape index (κ1) is 18.5. The Morgan fingerprint density at radius 2 is 2.17 bits per heavy atom. The zero-order valence-corrected chi connectivity index (χ0v) is 15.3. The highest BCUT2D eigenvalue weighted by atomic mass is 32.1. The summed E-state index contributed by atoms with van der Waals surface area (Å²) in [7, 11) is 0. The van der Waals surface area contributed by atoms with E-state index in [-0.39, 0.29) is 0 Å². The van der Waals surface area contributed by atoms with Crippen molar-refractivity contribution in [3.63, 3.8) is 0 Å². The van der Waals surface area contributed by atoms with Crippen molar-refractivity contribution in [3.8, 4) is 0 Å². The minimum Gasteiger partial charge on any atom is -0.390 e. The number of anilines is 1. The second kappa shape index (κ2) is 10.1. The van der Waals surface area contributed by atoms with Gasteiger partial charge in [0.1, 0.15) is 0 Å². The van der Waals surface area contributed by atoms with E-state index in [1.807, 2.05) is 6.20 Å². The predicted octanol–water partition coefficient (Wildman–Crippen LogP) is 3.67. The van der Waals surface area contributed by atoms with E-state index >= 15 is 0 Å². The summed E-state index contributed by atoms with van der Waals surface area (Å²) < 4.78 is 0. The summed E-state index contributed by atoms with van der Waals surface area (Å²) in [4.78, 5) is 7.88. The van der Waals surface area contributed by atoms with Gasteiger partial charge in [0.15, 0.2) is 5.13 Å². The molecule has 2 rings (SSSR count). The number of aryl methyl sites for hydroxylation is 1. The molecule has 0 fully saturated rings. The molecule has 3 N–H and O–H groups in total. The summed E-state index contributed by atoms with van der Waals surface area (Å²) in [5.74, 6) is 0. The zero-order valence-electron chi connectivity index (χ0n) is 14.4. The van der Waals surface area contributed by atoms with Crippen molar-refractivity contribution in [2.75, 3.05) is 18.8 Å². The van der Waals surface area contributed by atoms with Gasteiger partial charge in [0.25, 0.3) is 0 Å². The Balaban J connectivity index is 1.85. The first-order chi connectivity index (χ1) is 11.7. The van der Waals surface area contributed by atoms with Crippen molar-refractivity contribution in [3.05, 3.63) is 59.7 Å². The topological polar surface area (TPSA) is 54.2 Å². The molecule has 0 saturated carbocycles. The lowest BCUT2D eigenvalue weighted by Crippen LogP contribution is -2.37. The minimum absolute atomic E-state index is 0.517. The highest BCUT2D eigenvalue weighted by Gasteiger charge is 2.15. The van der Waals surface area contributed by atoms with Crippen LogP contribution < -0.4 is 11.1 Å². The predicted molar refractivity (Wildman–Crippen MR) is 104 cm³/mol. The normalized spacial score (nSPS) is 12.2. The van der Waals surface area contributed by atoms with Gasteiger partial charge in [-0.05, 0) is 37.9 Å². The molecule has 1 aromatic carbocycles. The van der Waals surface area contributed by atoms with Gasteiger partial charge < -0.3 is 11.1 Å². The number of aromatic nitrogens is 1. The number of benzene rings is 1. The van der Waals surface area contributed by atoms with Crippen LogP contribution in [0.5, 0.6) is 0 Å². The largest absolute Gasteiger partial charge is 0.390 e. The number of nitrogens with two attached hydrogens (primary N) is 1. The maximum atomic E-state index is 5.76. The fourth-order valence-corrected chi connectivity index (χ4v) is 3.50. The SMILES string of the molecule is C=CNCCN(Cc1cnc(N)s1)C(C)CCCc1ccccc1. The monoisotopic (exact) mass is 344 g/mol. The van der Waals surface area contributed by atoms with Crippen molar-refractivity contribution in [1.29, 1.82) is 0 Å². The standard InChI is InChI=1S/C19H28N4S/c1-3-21-12-13-23(15-18-14-22-19(20)24-18)16(2)8-7-11-17-9-5-4-6-10-17/h3-6,9-10,14,16,21H,1,7-8,11-13,15H2,2H3,(H2,20,22). The van der Waals surface area contributed by atoms with E-state index in [0.717, 1.165) is 26.1 Å². The van der Waals surface area contributed by atoms with Crippen LogP contribution in [0.4, 0.5) is 5.13 Å². The Bertz CT molecular complexity index is 596. The third-order valence-corrected chi connectivity index (χ3v) is 4.98. The molecule has 130 valence electrons. The van der Waals surface area contributed by atoms with Crippen LogP contribution in [-0.2, 0) is 13.0 Å². The lowest BCUT2D eigenvalue weighted by Gasteiger charge is -2.28. The van der Waals surface area contributed by atoms with Crippen molar-refractivity contribution < 1.29 is 0 Å².